The van der Waals surface area contributed by atoms with Crippen molar-refractivity contribution in [2.24, 2.45) is 0 Å². The predicted molar refractivity (Wildman–Crippen MR) is 366 cm³/mol. The zero-order chi connectivity index (χ0) is 61.1. The molecule has 2 bridgehead atoms. The Labute approximate surface area is 527 Å². The maximum Gasteiger partial charge on any atom is 0.258 e. The smallest absolute Gasteiger partial charge is 0.258 e. The van der Waals surface area contributed by atoms with Gasteiger partial charge in [-0.25, -0.2) is 9.67 Å². The highest BCUT2D eigenvalue weighted by Crippen LogP contribution is 2.54. The third-order valence-corrected chi connectivity index (χ3v) is 26.1. The van der Waals surface area contributed by atoms with Gasteiger partial charge in [0.15, 0.2) is 5.65 Å². The van der Waals surface area contributed by atoms with Gasteiger partial charge in [0.1, 0.15) is 28.2 Å². The van der Waals surface area contributed by atoms with E-state index in [9.17, 15) is 0 Å². The zero-order valence-corrected chi connectivity index (χ0v) is 53.3. The van der Waals surface area contributed by atoms with Gasteiger partial charge in [0.05, 0.1) is 12.7 Å². The topological polar surface area (TPSA) is 94.7 Å². The number of rotatable bonds is 22. The van der Waals surface area contributed by atoms with Crippen LogP contribution in [-0.4, -0.2) is 50.2 Å². The summed E-state index contributed by atoms with van der Waals surface area (Å²) in [5.41, 5.74) is 12.7. The minimum absolute atomic E-state index is 0.0291. The second-order valence-corrected chi connectivity index (χ2v) is 31.3. The molecule has 3 aliphatic rings. The lowest BCUT2D eigenvalue weighted by molar-refractivity contribution is 0.0802. The summed E-state index contributed by atoms with van der Waals surface area (Å²) in [4.78, 5) is 5.87. The molecule has 3 heterocycles. The number of anilines is 1. The highest BCUT2D eigenvalue weighted by atomic mass is 28.4. The van der Waals surface area contributed by atoms with Crippen LogP contribution in [-0.2, 0) is 23.0 Å². The summed E-state index contributed by atoms with van der Waals surface area (Å²) in [6, 6.07) is 86.6. The molecule has 89 heavy (non-hydrogen) atoms. The summed E-state index contributed by atoms with van der Waals surface area (Å²) in [6.07, 6.45) is 13.5. The summed E-state index contributed by atoms with van der Waals surface area (Å²) < 4.78 is 11.4. The van der Waals surface area contributed by atoms with E-state index < -0.39 is 19.4 Å². The van der Waals surface area contributed by atoms with Crippen molar-refractivity contribution < 1.29 is 4.43 Å². The molecule has 8 aromatic carbocycles. The average Bonchev–Trinajstić information content (AvgIpc) is 1.71. The molecule has 0 aliphatic heterocycles. The van der Waals surface area contributed by atoms with E-state index in [0.29, 0.717) is 46.7 Å². The molecule has 3 saturated carbocycles. The monoisotopic (exact) mass is 1190 g/mol. The quantitative estimate of drug-likeness (QED) is 0.0516. The first-order chi connectivity index (χ1) is 43.5. The molecule has 0 atom stereocenters. The van der Waals surface area contributed by atoms with E-state index in [1.165, 1.54) is 24.8 Å². The molecule has 11 aromatic rings. The number of hydrogen-bond donors (Lipinski definition) is 2. The van der Waals surface area contributed by atoms with Gasteiger partial charge in [-0.15, -0.1) is 5.10 Å². The molecule has 2 N–H and O–H groups in total. The van der Waals surface area contributed by atoms with E-state index in [1.54, 1.807) is 0 Å². The van der Waals surface area contributed by atoms with Crippen LogP contribution in [0.25, 0.3) is 16.7 Å². The van der Waals surface area contributed by atoms with Crippen LogP contribution < -0.4 is 15.1 Å². The van der Waals surface area contributed by atoms with Gasteiger partial charge in [0, 0.05) is 29.4 Å². The fraction of sp³-hybridized carbons (Fsp3) is 0.266. The molecule has 0 radical (unpaired) electrons. The average molecular weight is 1190 g/mol. The number of nitrogens with zero attached hydrogens (tertiary/aromatic N) is 6. The minimum Gasteiger partial charge on any atom is -0.543 e. The largest absolute Gasteiger partial charge is 0.543 e. The van der Waals surface area contributed by atoms with Crippen molar-refractivity contribution in [2.45, 2.75) is 125 Å². The lowest BCUT2D eigenvalue weighted by Crippen LogP contribution is -2.56. The Morgan fingerprint density at radius 2 is 1.03 bits per heavy atom. The van der Waals surface area contributed by atoms with Gasteiger partial charge in [-0.3, -0.25) is 4.68 Å². The van der Waals surface area contributed by atoms with Crippen LogP contribution in [0.3, 0.4) is 0 Å². The minimum atomic E-state index is -2.21. The first-order valence-electron chi connectivity index (χ1n) is 32.2. The van der Waals surface area contributed by atoms with Crippen LogP contribution in [0.4, 0.5) is 5.82 Å². The zero-order valence-electron chi connectivity index (χ0n) is 52.3. The number of nitrogens with one attached hydrogen (secondary N) is 2. The van der Waals surface area contributed by atoms with Crippen molar-refractivity contribution in [1.29, 1.82) is 0 Å². The van der Waals surface area contributed by atoms with Gasteiger partial charge in [0.25, 0.3) is 8.32 Å². The summed E-state index contributed by atoms with van der Waals surface area (Å²) in [5, 5.41) is 24.4. The summed E-state index contributed by atoms with van der Waals surface area (Å²) in [7, 11) is -2.21. The van der Waals surface area contributed by atoms with Gasteiger partial charge >= 0.3 is 0 Å². The fourth-order valence-electron chi connectivity index (χ4n) is 15.7. The normalized spacial score (nSPS) is 17.2. The van der Waals surface area contributed by atoms with Crippen LogP contribution in [0.15, 0.2) is 261 Å². The molecule has 3 fully saturated rings. The Hall–Kier alpha value is -8.96. The number of hydrogen-bond acceptors (Lipinski definition) is 7. The van der Waals surface area contributed by atoms with Crippen LogP contribution in [0.2, 0.25) is 16.6 Å². The molecule has 0 saturated heterocycles. The Balaban J connectivity index is 1.01. The molecule has 10 heteroatoms. The van der Waals surface area contributed by atoms with E-state index in [1.807, 2.05) is 6.20 Å². The van der Waals surface area contributed by atoms with Crippen LogP contribution in [0.5, 0.6) is 5.75 Å². The van der Waals surface area contributed by atoms with E-state index in [-0.39, 0.29) is 11.0 Å². The second-order valence-electron chi connectivity index (χ2n) is 25.9. The second kappa shape index (κ2) is 24.9. The predicted octanol–water partition coefficient (Wildman–Crippen LogP) is 17.9. The van der Waals surface area contributed by atoms with Crippen LogP contribution in [0.1, 0.15) is 136 Å². The standard InChI is InChI=1S/C79H82N8OSi/c1-58(2)89(59(3)4,60(5)6)88-70-44-28-29-61(53-70)56-86-57-62(55-81-86)71(45-52-80-77-49-46-76(47-50-77,48-51-77)63-30-14-7-15-31-63)72-54-73(83-78(64-32-16-8-17-33-64,65-34-18-9-19-35-65)66-36-20-10-21-37-66)82-75-74(72)84-85-87(75)79(67-38-22-11-23-39-67,68-40-24-12-25-41-68)69-42-26-13-27-43-69/h7-45,53-55,57-60,80H,46-52,56H2,1-6H3,(H,82,83). The molecule has 448 valence electrons. The van der Waals surface area contributed by atoms with E-state index in [4.69, 9.17) is 24.8 Å². The molecule has 9 nitrogen and oxygen atoms in total. The van der Waals surface area contributed by atoms with Gasteiger partial charge < -0.3 is 15.1 Å². The Kier molecular flexibility index (Phi) is 16.5. The lowest BCUT2D eigenvalue weighted by Gasteiger charge is -2.54. The number of fused-ring (bicyclic) bond motifs is 4. The van der Waals surface area contributed by atoms with Crippen molar-refractivity contribution >= 4 is 30.9 Å². The van der Waals surface area contributed by atoms with Crippen molar-refractivity contribution in [3.63, 3.8) is 0 Å². The first kappa shape index (κ1) is 59.0. The number of aromatic nitrogens is 6. The van der Waals surface area contributed by atoms with Crippen LogP contribution in [0, 0.1) is 0 Å². The number of benzene rings is 8. The summed E-state index contributed by atoms with van der Waals surface area (Å²) >= 11 is 0. The third kappa shape index (κ3) is 10.9. The van der Waals surface area contributed by atoms with Crippen molar-refractivity contribution in [2.75, 3.05) is 11.9 Å². The van der Waals surface area contributed by atoms with E-state index >= 15 is 0 Å². The van der Waals surface area contributed by atoms with Crippen molar-refractivity contribution in [3.05, 3.63) is 317 Å². The first-order valence-corrected chi connectivity index (χ1v) is 34.3. The molecule has 0 amide bonds. The maximum absolute atomic E-state index is 7.26. The van der Waals surface area contributed by atoms with Crippen LogP contribution >= 0.6 is 0 Å². The van der Waals surface area contributed by atoms with E-state index in [2.05, 4.69) is 316 Å². The summed E-state index contributed by atoms with van der Waals surface area (Å²) in [5.74, 6) is 1.59. The maximum atomic E-state index is 7.26. The van der Waals surface area contributed by atoms with Crippen molar-refractivity contribution in [1.82, 2.24) is 35.1 Å². The molecule has 3 aromatic heterocycles. The fourth-order valence-corrected chi connectivity index (χ4v) is 21.0. The van der Waals surface area contributed by atoms with Crippen molar-refractivity contribution in [3.8, 4) is 5.75 Å². The molecular weight excluding hydrogens is 1110 g/mol. The number of pyridine rings is 1. The Morgan fingerprint density at radius 1 is 0.562 bits per heavy atom. The Bertz CT molecular complexity index is 3930. The van der Waals surface area contributed by atoms with Gasteiger partial charge in [0.2, 0.25) is 0 Å². The van der Waals surface area contributed by atoms with Gasteiger partial charge in [-0.05, 0) is 129 Å². The molecule has 14 rings (SSSR count). The third-order valence-electron chi connectivity index (χ3n) is 20.1. The highest BCUT2D eigenvalue weighted by Gasteiger charge is 2.50. The van der Waals surface area contributed by atoms with Gasteiger partial charge in [-0.1, -0.05) is 277 Å². The Morgan fingerprint density at radius 3 is 1.52 bits per heavy atom. The van der Waals surface area contributed by atoms with E-state index in [0.717, 1.165) is 80.7 Å². The molecule has 3 aliphatic carbocycles. The SMILES string of the molecule is CC(C)[Si](Oc1cccc(Cn2cc(C(=CCNC34CCC(c5ccccc5)(CC3)CC4)c3cc(NC(c4ccccc4)(c4ccccc4)c4ccccc4)nc4c3nnn4C(c3ccccc3)(c3ccccc3)c3ccccc3)cn2)c1)(C(C)C)C(C)C. The highest BCUT2D eigenvalue weighted by molar-refractivity contribution is 6.78. The lowest BCUT2D eigenvalue weighted by atomic mass is 9.55. The molecular formula is C79H82N8OSi. The summed E-state index contributed by atoms with van der Waals surface area (Å²) in [6.45, 7) is 15.3. The van der Waals surface area contributed by atoms with Gasteiger partial charge in [-0.2, -0.15) is 5.10 Å². The molecule has 0 unspecified atom stereocenters. The molecule has 0 spiro atoms.